The van der Waals surface area contributed by atoms with Gasteiger partial charge in [0.15, 0.2) is 0 Å². The smallest absolute Gasteiger partial charge is 0.0175 e. The lowest BCUT2D eigenvalue weighted by atomic mass is 9.69. The molecule has 1 fully saturated rings. The Bertz CT molecular complexity index is 400. The van der Waals surface area contributed by atoms with E-state index in [1.165, 1.54) is 18.4 Å². The molecule has 90 valence electrons. The minimum Gasteiger partial charge on any atom is -0.103 e. The van der Waals surface area contributed by atoms with Crippen molar-refractivity contribution in [3.63, 3.8) is 0 Å². The lowest BCUT2D eigenvalue weighted by molar-refractivity contribution is 0.348. The summed E-state index contributed by atoms with van der Waals surface area (Å²) < 4.78 is 1.13. The molecule has 0 spiro atoms. The molecule has 2 atom stereocenters. The van der Waals surface area contributed by atoms with E-state index < -0.39 is 0 Å². The highest BCUT2D eigenvalue weighted by Crippen LogP contribution is 2.50. The summed E-state index contributed by atoms with van der Waals surface area (Å²) in [5, 5.41) is 0. The fourth-order valence-corrected chi connectivity index (χ4v) is 3.46. The third-order valence-corrected chi connectivity index (χ3v) is 4.89. The number of hydrogen-bond donors (Lipinski definition) is 0. The van der Waals surface area contributed by atoms with Crippen LogP contribution in [0.2, 0.25) is 0 Å². The molecule has 1 saturated carbocycles. The van der Waals surface area contributed by atoms with Crippen molar-refractivity contribution in [1.29, 1.82) is 0 Å². The van der Waals surface area contributed by atoms with Gasteiger partial charge in [-0.1, -0.05) is 47.1 Å². The maximum absolute atomic E-state index is 4.01. The van der Waals surface area contributed by atoms with Crippen LogP contribution in [0, 0.1) is 11.8 Å². The van der Waals surface area contributed by atoms with Crippen LogP contribution in [0.1, 0.15) is 25.3 Å². The van der Waals surface area contributed by atoms with Gasteiger partial charge in [0.05, 0.1) is 0 Å². The SMILES string of the molecule is C=C[C@H]1CC[C@H](C=C)C1(C)c1ccc(Br)cc1. The molecular weight excluding hydrogens is 272 g/mol. The number of allylic oxidation sites excluding steroid dienone is 2. The largest absolute Gasteiger partial charge is 0.103 e. The van der Waals surface area contributed by atoms with E-state index in [4.69, 9.17) is 0 Å². The lowest BCUT2D eigenvalue weighted by Crippen LogP contribution is -2.31. The molecule has 17 heavy (non-hydrogen) atoms. The van der Waals surface area contributed by atoms with Gasteiger partial charge in [0, 0.05) is 9.89 Å². The zero-order chi connectivity index (χ0) is 12.5. The molecule has 0 radical (unpaired) electrons. The zero-order valence-corrected chi connectivity index (χ0v) is 11.9. The predicted molar refractivity (Wildman–Crippen MR) is 78.1 cm³/mol. The van der Waals surface area contributed by atoms with Gasteiger partial charge in [0.25, 0.3) is 0 Å². The maximum atomic E-state index is 4.01. The molecule has 1 aliphatic rings. The summed E-state index contributed by atoms with van der Waals surface area (Å²) in [5.74, 6) is 1.10. The number of rotatable bonds is 3. The molecule has 2 rings (SSSR count). The molecule has 0 aliphatic heterocycles. The molecule has 0 nitrogen and oxygen atoms in total. The average Bonchev–Trinajstić information content (AvgIpc) is 2.67. The second kappa shape index (κ2) is 4.81. The Labute approximate surface area is 113 Å². The first kappa shape index (κ1) is 12.6. The van der Waals surface area contributed by atoms with Crippen LogP contribution in [0.25, 0.3) is 0 Å². The van der Waals surface area contributed by atoms with Gasteiger partial charge in [-0.25, -0.2) is 0 Å². The summed E-state index contributed by atoms with van der Waals surface area (Å²) in [5.41, 5.74) is 1.55. The van der Waals surface area contributed by atoms with Crippen LogP contribution < -0.4 is 0 Å². The summed E-state index contributed by atoms with van der Waals surface area (Å²) in [6.45, 7) is 10.4. The third-order valence-electron chi connectivity index (χ3n) is 4.36. The second-order valence-electron chi connectivity index (χ2n) is 5.05. The van der Waals surface area contributed by atoms with Crippen molar-refractivity contribution in [3.05, 3.63) is 59.6 Å². The Hall–Kier alpha value is -0.820. The lowest BCUT2D eigenvalue weighted by Gasteiger charge is -2.35. The molecule has 1 heteroatoms. The highest BCUT2D eigenvalue weighted by molar-refractivity contribution is 9.10. The van der Waals surface area contributed by atoms with Crippen LogP contribution in [0.5, 0.6) is 0 Å². The second-order valence-corrected chi connectivity index (χ2v) is 5.97. The quantitative estimate of drug-likeness (QED) is 0.679. The summed E-state index contributed by atoms with van der Waals surface area (Å²) in [4.78, 5) is 0. The van der Waals surface area contributed by atoms with Crippen molar-refractivity contribution in [2.24, 2.45) is 11.8 Å². The fourth-order valence-electron chi connectivity index (χ4n) is 3.20. The van der Waals surface area contributed by atoms with Gasteiger partial charge in [-0.2, -0.15) is 0 Å². The number of halogens is 1. The highest BCUT2D eigenvalue weighted by Gasteiger charge is 2.44. The van der Waals surface area contributed by atoms with Gasteiger partial charge in [0.2, 0.25) is 0 Å². The van der Waals surface area contributed by atoms with Crippen LogP contribution in [-0.2, 0) is 5.41 Å². The minimum atomic E-state index is 0.157. The Morgan fingerprint density at radius 2 is 1.59 bits per heavy atom. The van der Waals surface area contributed by atoms with Crippen LogP contribution >= 0.6 is 15.9 Å². The Morgan fingerprint density at radius 3 is 2.00 bits per heavy atom. The topological polar surface area (TPSA) is 0 Å². The molecule has 0 bridgehead atoms. The van der Waals surface area contributed by atoms with Gasteiger partial charge >= 0.3 is 0 Å². The highest BCUT2D eigenvalue weighted by atomic mass is 79.9. The summed E-state index contributed by atoms with van der Waals surface area (Å²) in [6.07, 6.45) is 6.66. The van der Waals surface area contributed by atoms with Gasteiger partial charge in [-0.15, -0.1) is 13.2 Å². The molecule has 0 aromatic heterocycles. The van der Waals surface area contributed by atoms with E-state index in [0.29, 0.717) is 11.8 Å². The molecule has 0 heterocycles. The summed E-state index contributed by atoms with van der Waals surface area (Å²) in [7, 11) is 0. The van der Waals surface area contributed by atoms with Crippen molar-refractivity contribution in [2.45, 2.75) is 25.2 Å². The molecule has 1 aromatic carbocycles. The van der Waals surface area contributed by atoms with Gasteiger partial charge < -0.3 is 0 Å². The van der Waals surface area contributed by atoms with Crippen molar-refractivity contribution in [1.82, 2.24) is 0 Å². The van der Waals surface area contributed by atoms with Crippen molar-refractivity contribution >= 4 is 15.9 Å². The number of hydrogen-bond acceptors (Lipinski definition) is 0. The van der Waals surface area contributed by atoms with Gasteiger partial charge in [-0.05, 0) is 42.4 Å². The summed E-state index contributed by atoms with van der Waals surface area (Å²) >= 11 is 3.50. The van der Waals surface area contributed by atoms with E-state index in [-0.39, 0.29) is 5.41 Å². The molecular formula is C16H19Br. The van der Waals surface area contributed by atoms with Gasteiger partial charge in [-0.3, -0.25) is 0 Å². The Balaban J connectivity index is 2.46. The van der Waals surface area contributed by atoms with E-state index in [9.17, 15) is 0 Å². The predicted octanol–water partition coefficient (Wildman–Crippen LogP) is 5.11. The Kier molecular flexibility index (Phi) is 3.58. The van der Waals surface area contributed by atoms with Crippen LogP contribution in [0.4, 0.5) is 0 Å². The standard InChI is InChI=1S/C16H19Br/c1-4-12-6-7-13(5-2)16(12,3)14-8-10-15(17)11-9-14/h4-5,8-13H,1-2,6-7H2,3H3/t12-,13-/m0/s1. The molecule has 0 unspecified atom stereocenters. The molecule has 0 amide bonds. The van der Waals surface area contributed by atoms with Crippen molar-refractivity contribution < 1.29 is 0 Å². The van der Waals surface area contributed by atoms with Crippen LogP contribution in [0.3, 0.4) is 0 Å². The first-order valence-corrected chi connectivity index (χ1v) is 6.93. The van der Waals surface area contributed by atoms with E-state index in [2.05, 4.69) is 72.4 Å². The first-order valence-electron chi connectivity index (χ1n) is 6.14. The third kappa shape index (κ3) is 2.01. The van der Waals surface area contributed by atoms with Crippen LogP contribution in [0.15, 0.2) is 54.0 Å². The fraction of sp³-hybridized carbons (Fsp3) is 0.375. The van der Waals surface area contributed by atoms with Crippen molar-refractivity contribution in [2.75, 3.05) is 0 Å². The van der Waals surface area contributed by atoms with E-state index >= 15 is 0 Å². The molecule has 0 saturated heterocycles. The normalized spacial score (nSPS) is 26.7. The van der Waals surface area contributed by atoms with Gasteiger partial charge in [0.1, 0.15) is 0 Å². The van der Waals surface area contributed by atoms with E-state index in [1.807, 2.05) is 0 Å². The zero-order valence-electron chi connectivity index (χ0n) is 10.3. The van der Waals surface area contributed by atoms with Crippen LogP contribution in [-0.4, -0.2) is 0 Å². The maximum Gasteiger partial charge on any atom is 0.0175 e. The van der Waals surface area contributed by atoms with Crippen molar-refractivity contribution in [3.8, 4) is 0 Å². The number of benzene rings is 1. The first-order chi connectivity index (χ1) is 8.12. The monoisotopic (exact) mass is 290 g/mol. The molecule has 1 aliphatic carbocycles. The van der Waals surface area contributed by atoms with E-state index in [1.54, 1.807) is 0 Å². The van der Waals surface area contributed by atoms with E-state index in [0.717, 1.165) is 4.47 Å². The minimum absolute atomic E-state index is 0.157. The Morgan fingerprint density at radius 1 is 1.12 bits per heavy atom. The molecule has 0 N–H and O–H groups in total. The average molecular weight is 291 g/mol. The summed E-state index contributed by atoms with van der Waals surface area (Å²) in [6, 6.07) is 8.70. The molecule has 1 aromatic rings.